The van der Waals surface area contributed by atoms with E-state index < -0.39 is 0 Å². The van der Waals surface area contributed by atoms with Gasteiger partial charge in [0.2, 0.25) is 0 Å². The third kappa shape index (κ3) is 3.11. The maximum Gasteiger partial charge on any atom is 0.152 e. The zero-order chi connectivity index (χ0) is 12.3. The van der Waals surface area contributed by atoms with Crippen LogP contribution in [0.15, 0.2) is 36.5 Å². The van der Waals surface area contributed by atoms with Crippen LogP contribution < -0.4 is 5.32 Å². The van der Waals surface area contributed by atoms with Crippen molar-refractivity contribution in [3.8, 4) is 0 Å². The van der Waals surface area contributed by atoms with Gasteiger partial charge >= 0.3 is 0 Å². The van der Waals surface area contributed by atoms with Gasteiger partial charge in [-0.15, -0.1) is 0 Å². The van der Waals surface area contributed by atoms with E-state index in [4.69, 9.17) is 23.2 Å². The van der Waals surface area contributed by atoms with Gasteiger partial charge in [0.05, 0.1) is 5.69 Å². The fourth-order valence-corrected chi connectivity index (χ4v) is 1.98. The summed E-state index contributed by atoms with van der Waals surface area (Å²) in [5.74, 6) is 0. The van der Waals surface area contributed by atoms with Gasteiger partial charge in [0.1, 0.15) is 0 Å². The number of pyridine rings is 1. The summed E-state index contributed by atoms with van der Waals surface area (Å²) in [4.78, 5) is 4.01. The van der Waals surface area contributed by atoms with E-state index in [1.54, 1.807) is 6.20 Å². The molecule has 0 atom stereocenters. The Labute approximate surface area is 111 Å². The van der Waals surface area contributed by atoms with Crippen molar-refractivity contribution in [2.75, 3.05) is 5.32 Å². The molecule has 0 fully saturated rings. The van der Waals surface area contributed by atoms with Crippen LogP contribution in [0, 0.1) is 6.92 Å². The lowest BCUT2D eigenvalue weighted by Gasteiger charge is -2.10. The van der Waals surface area contributed by atoms with Crippen LogP contribution in [0.2, 0.25) is 10.2 Å². The van der Waals surface area contributed by atoms with Crippen LogP contribution in [0.1, 0.15) is 11.1 Å². The summed E-state index contributed by atoms with van der Waals surface area (Å²) in [6, 6.07) is 9.60. The number of rotatable bonds is 3. The van der Waals surface area contributed by atoms with Gasteiger partial charge in [-0.25, -0.2) is 4.98 Å². The summed E-state index contributed by atoms with van der Waals surface area (Å²) in [6.07, 6.45) is 1.67. The molecule has 1 N–H and O–H groups in total. The lowest BCUT2D eigenvalue weighted by molar-refractivity contribution is 1.11. The van der Waals surface area contributed by atoms with E-state index in [0.29, 0.717) is 11.7 Å². The van der Waals surface area contributed by atoms with Crippen molar-refractivity contribution in [3.05, 3.63) is 57.8 Å². The molecular formula is C13H12Cl2N2. The Kier molecular flexibility index (Phi) is 3.87. The average Bonchev–Trinajstić information content (AvgIpc) is 2.30. The van der Waals surface area contributed by atoms with Gasteiger partial charge in [0, 0.05) is 17.8 Å². The maximum atomic E-state index is 5.96. The number of hydrogen-bond acceptors (Lipinski definition) is 2. The molecule has 17 heavy (non-hydrogen) atoms. The van der Waals surface area contributed by atoms with Crippen molar-refractivity contribution in [2.45, 2.75) is 13.5 Å². The zero-order valence-electron chi connectivity index (χ0n) is 9.37. The molecule has 1 aromatic heterocycles. The average molecular weight is 267 g/mol. The van der Waals surface area contributed by atoms with Crippen molar-refractivity contribution >= 4 is 28.9 Å². The minimum Gasteiger partial charge on any atom is -0.378 e. The third-order valence-electron chi connectivity index (χ3n) is 2.53. The van der Waals surface area contributed by atoms with E-state index in [1.807, 2.05) is 37.3 Å². The van der Waals surface area contributed by atoms with E-state index >= 15 is 0 Å². The van der Waals surface area contributed by atoms with Crippen LogP contribution in [0.25, 0.3) is 0 Å². The second kappa shape index (κ2) is 5.39. The monoisotopic (exact) mass is 266 g/mol. The molecule has 0 aliphatic carbocycles. The van der Waals surface area contributed by atoms with Crippen LogP contribution in [-0.2, 0) is 6.54 Å². The van der Waals surface area contributed by atoms with Crippen molar-refractivity contribution in [1.29, 1.82) is 0 Å². The summed E-state index contributed by atoms with van der Waals surface area (Å²) < 4.78 is 0. The molecule has 4 heteroatoms. The minimum absolute atomic E-state index is 0.485. The fourth-order valence-electron chi connectivity index (χ4n) is 1.57. The summed E-state index contributed by atoms with van der Waals surface area (Å²) in [5.41, 5.74) is 3.18. The van der Waals surface area contributed by atoms with Crippen LogP contribution in [0.3, 0.4) is 0 Å². The molecule has 2 aromatic rings. The van der Waals surface area contributed by atoms with Gasteiger partial charge in [-0.05, 0) is 42.3 Å². The molecule has 2 rings (SSSR count). The number of anilines is 1. The molecule has 0 amide bonds. The Hall–Kier alpha value is -1.25. The van der Waals surface area contributed by atoms with Crippen molar-refractivity contribution in [1.82, 2.24) is 4.98 Å². The summed E-state index contributed by atoms with van der Waals surface area (Å²) in [6.45, 7) is 2.74. The van der Waals surface area contributed by atoms with Gasteiger partial charge in [-0.1, -0.05) is 29.3 Å². The smallest absolute Gasteiger partial charge is 0.152 e. The topological polar surface area (TPSA) is 24.9 Å². The molecular weight excluding hydrogens is 255 g/mol. The van der Waals surface area contributed by atoms with E-state index in [0.717, 1.165) is 16.3 Å². The van der Waals surface area contributed by atoms with E-state index in [9.17, 15) is 0 Å². The predicted molar refractivity (Wildman–Crippen MR) is 72.8 cm³/mol. The molecule has 0 radical (unpaired) electrons. The first kappa shape index (κ1) is 12.2. The molecule has 0 unspecified atom stereocenters. The summed E-state index contributed by atoms with van der Waals surface area (Å²) >= 11 is 11.9. The number of halogens is 2. The predicted octanol–water partition coefficient (Wildman–Crippen LogP) is 4.31. The molecule has 0 aliphatic heterocycles. The molecule has 1 aromatic carbocycles. The van der Waals surface area contributed by atoms with Crippen molar-refractivity contribution in [3.63, 3.8) is 0 Å². The molecule has 0 aliphatic rings. The SMILES string of the molecule is Cc1cc(Cl)ccc1CNc1cccnc1Cl. The highest BCUT2D eigenvalue weighted by Crippen LogP contribution is 2.20. The first-order valence-electron chi connectivity index (χ1n) is 5.26. The van der Waals surface area contributed by atoms with Crippen LogP contribution in [-0.4, -0.2) is 4.98 Å². The number of nitrogens with zero attached hydrogens (tertiary/aromatic N) is 1. The van der Waals surface area contributed by atoms with Crippen LogP contribution >= 0.6 is 23.2 Å². The number of hydrogen-bond donors (Lipinski definition) is 1. The Bertz CT molecular complexity index is 527. The molecule has 1 heterocycles. The normalized spacial score (nSPS) is 10.3. The lowest BCUT2D eigenvalue weighted by Crippen LogP contribution is -2.02. The number of benzene rings is 1. The van der Waals surface area contributed by atoms with Crippen LogP contribution in [0.5, 0.6) is 0 Å². The fraction of sp³-hybridized carbons (Fsp3) is 0.154. The van der Waals surface area contributed by atoms with Gasteiger partial charge in [-0.3, -0.25) is 0 Å². The lowest BCUT2D eigenvalue weighted by atomic mass is 10.1. The van der Waals surface area contributed by atoms with Gasteiger partial charge in [-0.2, -0.15) is 0 Å². The molecule has 0 saturated heterocycles. The summed E-state index contributed by atoms with van der Waals surface area (Å²) in [5, 5.41) is 4.49. The van der Waals surface area contributed by atoms with E-state index in [1.165, 1.54) is 5.56 Å². The Morgan fingerprint density at radius 1 is 1.24 bits per heavy atom. The second-order valence-corrected chi connectivity index (χ2v) is 4.56. The highest BCUT2D eigenvalue weighted by Gasteiger charge is 2.02. The van der Waals surface area contributed by atoms with Gasteiger partial charge < -0.3 is 5.32 Å². The Morgan fingerprint density at radius 3 is 2.76 bits per heavy atom. The van der Waals surface area contributed by atoms with Crippen molar-refractivity contribution < 1.29 is 0 Å². The van der Waals surface area contributed by atoms with Crippen LogP contribution in [0.4, 0.5) is 5.69 Å². The first-order valence-corrected chi connectivity index (χ1v) is 6.02. The zero-order valence-corrected chi connectivity index (χ0v) is 10.9. The van der Waals surface area contributed by atoms with Gasteiger partial charge in [0.15, 0.2) is 5.15 Å². The highest BCUT2D eigenvalue weighted by atomic mass is 35.5. The Balaban J connectivity index is 2.10. The molecule has 0 saturated carbocycles. The molecule has 0 bridgehead atoms. The minimum atomic E-state index is 0.485. The second-order valence-electron chi connectivity index (χ2n) is 3.77. The number of aromatic nitrogens is 1. The number of nitrogens with one attached hydrogen (secondary N) is 1. The van der Waals surface area contributed by atoms with Crippen molar-refractivity contribution in [2.24, 2.45) is 0 Å². The van der Waals surface area contributed by atoms with E-state index in [-0.39, 0.29) is 0 Å². The summed E-state index contributed by atoms with van der Waals surface area (Å²) in [7, 11) is 0. The standard InChI is InChI=1S/C13H12Cl2N2/c1-9-7-11(14)5-4-10(9)8-17-12-3-2-6-16-13(12)15/h2-7,17H,8H2,1H3. The third-order valence-corrected chi connectivity index (χ3v) is 3.07. The first-order chi connectivity index (χ1) is 8.16. The Morgan fingerprint density at radius 2 is 2.06 bits per heavy atom. The maximum absolute atomic E-state index is 5.96. The molecule has 0 spiro atoms. The largest absolute Gasteiger partial charge is 0.378 e. The molecule has 88 valence electrons. The van der Waals surface area contributed by atoms with E-state index in [2.05, 4.69) is 10.3 Å². The van der Waals surface area contributed by atoms with Gasteiger partial charge in [0.25, 0.3) is 0 Å². The number of aryl methyl sites for hydroxylation is 1. The highest BCUT2D eigenvalue weighted by molar-refractivity contribution is 6.32. The quantitative estimate of drug-likeness (QED) is 0.838. The molecule has 2 nitrogen and oxygen atoms in total.